The van der Waals surface area contributed by atoms with E-state index in [0.29, 0.717) is 61.5 Å². The second kappa shape index (κ2) is 9.50. The van der Waals surface area contributed by atoms with E-state index in [0.717, 1.165) is 0 Å². The maximum atomic E-state index is 13.7. The molecule has 4 heterocycles. The fraction of sp³-hybridized carbons (Fsp3) is 0.0714. The maximum Gasteiger partial charge on any atom is 0.271 e. The number of carbonyl (C=O) groups excluding carboxylic acids is 1. The Morgan fingerprint density at radius 3 is 2.42 bits per heavy atom. The molecular weight excluding hydrogens is 538 g/mol. The lowest BCUT2D eigenvalue weighted by molar-refractivity contribution is -0.384. The van der Waals surface area contributed by atoms with E-state index < -0.39 is 4.92 Å². The highest BCUT2D eigenvalue weighted by atomic mass is 32.2. The Labute approximate surface area is 230 Å². The van der Waals surface area contributed by atoms with Crippen molar-refractivity contribution in [1.82, 2.24) is 0 Å². The number of fused-ring (bicyclic) bond motifs is 2. The number of carbonyl (C=O) groups is 1. The van der Waals surface area contributed by atoms with Gasteiger partial charge in [0.15, 0.2) is 28.2 Å². The Balaban J connectivity index is 1.25. The highest BCUT2D eigenvalue weighted by molar-refractivity contribution is 8.19. The van der Waals surface area contributed by atoms with Crippen molar-refractivity contribution in [3.8, 4) is 34.3 Å². The molecule has 0 aliphatic carbocycles. The van der Waals surface area contributed by atoms with E-state index in [4.69, 9.17) is 28.4 Å². The molecule has 0 saturated carbocycles. The molecule has 0 spiro atoms. The van der Waals surface area contributed by atoms with Crippen molar-refractivity contribution in [2.45, 2.75) is 0 Å². The van der Waals surface area contributed by atoms with Crippen molar-refractivity contribution in [3.63, 3.8) is 0 Å². The van der Waals surface area contributed by atoms with E-state index in [1.807, 2.05) is 0 Å². The van der Waals surface area contributed by atoms with Crippen molar-refractivity contribution < 1.29 is 33.1 Å². The van der Waals surface area contributed by atoms with Gasteiger partial charge in [-0.3, -0.25) is 19.8 Å². The summed E-state index contributed by atoms with van der Waals surface area (Å²) >= 11 is 1.18. The molecule has 0 unspecified atom stereocenters. The Morgan fingerprint density at radius 2 is 1.62 bits per heavy atom. The fourth-order valence-corrected chi connectivity index (χ4v) is 5.33. The molecule has 1 amide bonds. The second-order valence-corrected chi connectivity index (χ2v) is 9.74. The van der Waals surface area contributed by atoms with Gasteiger partial charge in [0.1, 0.15) is 11.5 Å². The molecule has 1 saturated heterocycles. The van der Waals surface area contributed by atoms with Crippen LogP contribution in [0.1, 0.15) is 5.76 Å². The summed E-state index contributed by atoms with van der Waals surface area (Å²) in [7, 11) is 0. The number of hydrogen-bond donors (Lipinski definition) is 0. The van der Waals surface area contributed by atoms with Crippen LogP contribution in [0.15, 0.2) is 87.1 Å². The molecule has 40 heavy (non-hydrogen) atoms. The van der Waals surface area contributed by atoms with Gasteiger partial charge >= 0.3 is 0 Å². The monoisotopic (exact) mass is 555 g/mol. The number of nitro groups is 1. The van der Waals surface area contributed by atoms with Crippen LogP contribution >= 0.6 is 11.8 Å². The number of non-ortho nitro benzene ring substituents is 1. The van der Waals surface area contributed by atoms with E-state index in [1.54, 1.807) is 66.7 Å². The number of anilines is 1. The summed E-state index contributed by atoms with van der Waals surface area (Å²) < 4.78 is 27.7. The Kier molecular flexibility index (Phi) is 5.67. The summed E-state index contributed by atoms with van der Waals surface area (Å²) in [6, 6.07) is 20.1. The van der Waals surface area contributed by atoms with Crippen LogP contribution in [0.5, 0.6) is 23.0 Å². The summed E-state index contributed by atoms with van der Waals surface area (Å²) in [6.07, 6.45) is 1.62. The first kappa shape index (κ1) is 23.9. The number of hydrogen-bond acceptors (Lipinski definition) is 10. The molecule has 0 N–H and O–H groups in total. The number of thioether (sulfide) groups is 1. The van der Waals surface area contributed by atoms with E-state index in [9.17, 15) is 14.9 Å². The minimum Gasteiger partial charge on any atom is -0.457 e. The zero-order chi connectivity index (χ0) is 27.2. The molecule has 0 radical (unpaired) electrons. The fourth-order valence-electron chi connectivity index (χ4n) is 4.35. The van der Waals surface area contributed by atoms with Gasteiger partial charge in [0.2, 0.25) is 13.6 Å². The van der Waals surface area contributed by atoms with Crippen molar-refractivity contribution in [1.29, 1.82) is 0 Å². The molecule has 198 valence electrons. The van der Waals surface area contributed by atoms with Gasteiger partial charge in [0.25, 0.3) is 11.6 Å². The molecule has 3 aliphatic rings. The smallest absolute Gasteiger partial charge is 0.271 e. The van der Waals surface area contributed by atoms with Crippen LogP contribution in [-0.2, 0) is 4.79 Å². The van der Waals surface area contributed by atoms with Crippen molar-refractivity contribution in [3.05, 3.63) is 93.6 Å². The van der Waals surface area contributed by atoms with Crippen LogP contribution in [0.2, 0.25) is 0 Å². The van der Waals surface area contributed by atoms with Gasteiger partial charge in [-0.05, 0) is 48.2 Å². The molecule has 11 nitrogen and oxygen atoms in total. The van der Waals surface area contributed by atoms with E-state index in [-0.39, 0.29) is 25.2 Å². The van der Waals surface area contributed by atoms with Crippen molar-refractivity contribution >= 4 is 46.0 Å². The second-order valence-electron chi connectivity index (χ2n) is 8.73. The zero-order valence-corrected chi connectivity index (χ0v) is 21.3. The third-order valence-corrected chi connectivity index (χ3v) is 7.21. The van der Waals surface area contributed by atoms with Crippen LogP contribution < -0.4 is 23.8 Å². The van der Waals surface area contributed by atoms with Gasteiger partial charge < -0.3 is 23.4 Å². The molecule has 7 rings (SSSR count). The lowest BCUT2D eigenvalue weighted by Gasteiger charge is -2.16. The van der Waals surface area contributed by atoms with Crippen LogP contribution in [0.3, 0.4) is 0 Å². The minimum atomic E-state index is -0.463. The quantitative estimate of drug-likeness (QED) is 0.163. The number of benzene rings is 3. The van der Waals surface area contributed by atoms with Crippen molar-refractivity contribution in [2.75, 3.05) is 18.5 Å². The molecular formula is C28H17N3O8S. The summed E-state index contributed by atoms with van der Waals surface area (Å²) in [5.41, 5.74) is 1.65. The van der Waals surface area contributed by atoms with Gasteiger partial charge in [-0.15, -0.1) is 0 Å². The largest absolute Gasteiger partial charge is 0.457 e. The van der Waals surface area contributed by atoms with E-state index in [2.05, 4.69) is 0 Å². The number of rotatable bonds is 5. The lowest BCUT2D eigenvalue weighted by atomic mass is 10.1. The predicted molar refractivity (Wildman–Crippen MR) is 146 cm³/mol. The summed E-state index contributed by atoms with van der Waals surface area (Å²) in [6.45, 7) is 0.246. The number of amidine groups is 1. The molecule has 4 aromatic rings. The first-order valence-electron chi connectivity index (χ1n) is 12.0. The minimum absolute atomic E-state index is 0.0425. The molecule has 1 aromatic heterocycles. The van der Waals surface area contributed by atoms with Crippen LogP contribution in [-0.4, -0.2) is 29.6 Å². The first-order valence-corrected chi connectivity index (χ1v) is 12.8. The van der Waals surface area contributed by atoms with Gasteiger partial charge in [0.05, 0.1) is 21.2 Å². The predicted octanol–water partition coefficient (Wildman–Crippen LogP) is 6.12. The average Bonchev–Trinajstić information content (AvgIpc) is 3.76. The van der Waals surface area contributed by atoms with Gasteiger partial charge in [-0.2, -0.15) is 0 Å². The number of ether oxygens (including phenoxy) is 4. The average molecular weight is 556 g/mol. The highest BCUT2D eigenvalue weighted by Crippen LogP contribution is 2.43. The lowest BCUT2D eigenvalue weighted by Crippen LogP contribution is -2.28. The van der Waals surface area contributed by atoms with E-state index in [1.165, 1.54) is 28.8 Å². The standard InChI is InChI=1S/C28H17N3O8S/c32-27-26(13-20-6-9-21(39-20)16-2-1-3-19(10-16)31(33)34)40-28(29-17-4-7-22-24(11-17)37-14-35-22)30(27)18-5-8-23-25(12-18)38-15-36-23/h1-13H,14-15H2/b26-13-,29-28?. The third kappa shape index (κ3) is 4.29. The third-order valence-electron chi connectivity index (χ3n) is 6.24. The van der Waals surface area contributed by atoms with Crippen LogP contribution in [0, 0.1) is 10.1 Å². The van der Waals surface area contributed by atoms with Crippen LogP contribution in [0.25, 0.3) is 17.4 Å². The van der Waals surface area contributed by atoms with Gasteiger partial charge in [-0.25, -0.2) is 4.99 Å². The first-order chi connectivity index (χ1) is 19.5. The molecule has 12 heteroatoms. The Morgan fingerprint density at radius 1 is 0.875 bits per heavy atom. The SMILES string of the molecule is O=C1/C(=C/c2ccc(-c3cccc([N+](=O)[O-])c3)o2)SC(=Nc2ccc3c(c2)OCO3)N1c1ccc2c(c1)OCO2. The highest BCUT2D eigenvalue weighted by Gasteiger charge is 2.36. The summed E-state index contributed by atoms with van der Waals surface area (Å²) in [5, 5.41) is 11.6. The number of nitrogens with zero attached hydrogens (tertiary/aromatic N) is 3. The summed E-state index contributed by atoms with van der Waals surface area (Å²) in [4.78, 5) is 31.0. The summed E-state index contributed by atoms with van der Waals surface area (Å²) in [5.74, 6) is 2.87. The topological polar surface area (TPSA) is 126 Å². The molecule has 3 aliphatic heterocycles. The Hall–Kier alpha value is -5.23. The maximum absolute atomic E-state index is 13.7. The molecule has 1 fully saturated rings. The normalized spacial score (nSPS) is 17.3. The van der Waals surface area contributed by atoms with Gasteiger partial charge in [-0.1, -0.05) is 12.1 Å². The van der Waals surface area contributed by atoms with E-state index >= 15 is 0 Å². The van der Waals surface area contributed by atoms with Crippen LogP contribution in [0.4, 0.5) is 17.1 Å². The number of aliphatic imine (C=N–C) groups is 1. The molecule has 0 atom stereocenters. The van der Waals surface area contributed by atoms with Crippen molar-refractivity contribution in [2.24, 2.45) is 4.99 Å². The number of amides is 1. The zero-order valence-electron chi connectivity index (χ0n) is 20.4. The number of nitro benzene ring substituents is 1. The van der Waals surface area contributed by atoms with Gasteiger partial charge in [0, 0.05) is 35.9 Å². The number of furan rings is 1. The molecule has 0 bridgehead atoms. The Bertz CT molecular complexity index is 1760. The molecule has 3 aromatic carbocycles.